The van der Waals surface area contributed by atoms with Gasteiger partial charge in [-0.3, -0.25) is 9.67 Å². The second kappa shape index (κ2) is 5.06. The maximum atomic E-state index is 13.2. The zero-order valence-corrected chi connectivity index (χ0v) is 13.0. The summed E-state index contributed by atoms with van der Waals surface area (Å²) in [6.07, 6.45) is 3.45. The van der Waals surface area contributed by atoms with E-state index in [1.54, 1.807) is 6.07 Å². The van der Waals surface area contributed by atoms with Crippen LogP contribution in [0.5, 0.6) is 0 Å². The summed E-state index contributed by atoms with van der Waals surface area (Å²) in [7, 11) is 0. The number of alkyl halides is 3. The number of fused-ring (bicyclic) bond motifs is 1. The lowest BCUT2D eigenvalue weighted by Crippen LogP contribution is -2.16. The minimum atomic E-state index is -4.56. The predicted molar refractivity (Wildman–Crippen MR) is 83.1 cm³/mol. The number of H-pyrrole nitrogens is 1. The molecule has 0 saturated heterocycles. The highest BCUT2D eigenvalue weighted by atomic mass is 32.1. The Hall–Kier alpha value is -1.89. The molecule has 3 nitrogen and oxygen atoms in total. The van der Waals surface area contributed by atoms with Crippen molar-refractivity contribution >= 4 is 18.3 Å². The summed E-state index contributed by atoms with van der Waals surface area (Å²) in [5.74, 6) is -0.452. The van der Waals surface area contributed by atoms with Gasteiger partial charge in [0, 0.05) is 5.56 Å². The van der Waals surface area contributed by atoms with Crippen LogP contribution in [0.25, 0.3) is 11.8 Å². The number of hydrogen-bond donors (Lipinski definition) is 1. The van der Waals surface area contributed by atoms with Crippen molar-refractivity contribution < 1.29 is 13.2 Å². The van der Waals surface area contributed by atoms with E-state index in [0.29, 0.717) is 11.6 Å². The quantitative estimate of drug-likeness (QED) is 0.800. The molecule has 7 heteroatoms. The molecule has 0 unspecified atom stereocenters. The molecule has 2 aromatic rings. The molecule has 1 fully saturated rings. The van der Waals surface area contributed by atoms with Crippen LogP contribution in [-0.2, 0) is 12.6 Å². The third kappa shape index (κ3) is 2.43. The Balaban J connectivity index is 1.97. The number of aromatic nitrogens is 3. The zero-order valence-electron chi connectivity index (χ0n) is 12.2. The Morgan fingerprint density at radius 3 is 2.74 bits per heavy atom. The van der Waals surface area contributed by atoms with Gasteiger partial charge in [-0.25, -0.2) is 0 Å². The Bertz CT molecular complexity index is 856. The minimum Gasteiger partial charge on any atom is -0.264 e. The van der Waals surface area contributed by atoms with Crippen molar-refractivity contribution in [1.82, 2.24) is 14.8 Å². The van der Waals surface area contributed by atoms with E-state index in [1.807, 2.05) is 18.2 Å². The molecule has 1 aromatic heterocycles. The third-order valence-corrected chi connectivity index (χ3v) is 4.67. The molecule has 1 N–H and O–H groups in total. The Labute approximate surface area is 135 Å². The maximum absolute atomic E-state index is 13.2. The summed E-state index contributed by atoms with van der Waals surface area (Å²) in [6.45, 7) is 0. The van der Waals surface area contributed by atoms with Gasteiger partial charge in [0.05, 0.1) is 5.69 Å². The summed E-state index contributed by atoms with van der Waals surface area (Å²) in [5.41, 5.74) is 3.72. The van der Waals surface area contributed by atoms with Gasteiger partial charge < -0.3 is 0 Å². The summed E-state index contributed by atoms with van der Waals surface area (Å²) in [6, 6.07) is 3.70. The normalized spacial score (nSPS) is 17.3. The standard InChI is InChI=1S/C16H14F3N3S/c17-16(18,19)14-20-21-15(23)22(14)13-8-7-10(9-5-6-9)11-3-1-2-4-12(11)13/h2,4,7-9H,1,3,5-6H2,(H,21,23). The minimum absolute atomic E-state index is 0.0438. The number of hydrogen-bond acceptors (Lipinski definition) is 2. The first-order valence-corrected chi connectivity index (χ1v) is 7.95. The molecule has 120 valence electrons. The lowest BCUT2D eigenvalue weighted by atomic mass is 9.89. The monoisotopic (exact) mass is 337 g/mol. The van der Waals surface area contributed by atoms with Crippen molar-refractivity contribution in [3.63, 3.8) is 0 Å². The van der Waals surface area contributed by atoms with Crippen LogP contribution in [0.15, 0.2) is 18.2 Å². The highest BCUT2D eigenvalue weighted by Gasteiger charge is 2.38. The SMILES string of the molecule is FC(F)(F)c1n[nH]c(=S)n1-c1ccc(C2CC2)c2c1C=CCC2. The van der Waals surface area contributed by atoms with Crippen LogP contribution in [0.4, 0.5) is 13.2 Å². The van der Waals surface area contributed by atoms with E-state index in [4.69, 9.17) is 12.2 Å². The molecule has 23 heavy (non-hydrogen) atoms. The summed E-state index contributed by atoms with van der Waals surface area (Å²) >= 11 is 5.05. The number of halogens is 3. The molecule has 2 aliphatic rings. The van der Waals surface area contributed by atoms with Crippen LogP contribution >= 0.6 is 12.2 Å². The fourth-order valence-corrected chi connectivity index (χ4v) is 3.48. The topological polar surface area (TPSA) is 33.6 Å². The largest absolute Gasteiger partial charge is 0.452 e. The second-order valence-electron chi connectivity index (χ2n) is 5.97. The summed E-state index contributed by atoms with van der Waals surface area (Å²) in [5, 5.41) is 5.65. The van der Waals surface area contributed by atoms with Crippen molar-refractivity contribution in [3.8, 4) is 5.69 Å². The molecular weight excluding hydrogens is 323 g/mol. The van der Waals surface area contributed by atoms with Gasteiger partial charge in [-0.15, -0.1) is 5.10 Å². The first-order chi connectivity index (χ1) is 11.0. The van der Waals surface area contributed by atoms with Crippen LogP contribution in [0.2, 0.25) is 0 Å². The van der Waals surface area contributed by atoms with Gasteiger partial charge in [0.25, 0.3) is 0 Å². The van der Waals surface area contributed by atoms with Crippen molar-refractivity contribution in [2.24, 2.45) is 0 Å². The molecule has 0 aliphatic heterocycles. The van der Waals surface area contributed by atoms with E-state index in [0.717, 1.165) is 41.4 Å². The van der Waals surface area contributed by atoms with E-state index >= 15 is 0 Å². The van der Waals surface area contributed by atoms with E-state index in [-0.39, 0.29) is 4.77 Å². The average molecular weight is 337 g/mol. The molecule has 4 rings (SSSR count). The van der Waals surface area contributed by atoms with E-state index < -0.39 is 12.0 Å². The number of benzene rings is 1. The van der Waals surface area contributed by atoms with Crippen molar-refractivity contribution in [2.45, 2.75) is 37.8 Å². The van der Waals surface area contributed by atoms with Gasteiger partial charge in [0.1, 0.15) is 0 Å². The Kier molecular flexibility index (Phi) is 3.23. The molecule has 1 heterocycles. The van der Waals surface area contributed by atoms with Crippen molar-refractivity contribution in [3.05, 3.63) is 45.5 Å². The van der Waals surface area contributed by atoms with E-state index in [2.05, 4.69) is 10.2 Å². The van der Waals surface area contributed by atoms with Crippen molar-refractivity contribution in [1.29, 1.82) is 0 Å². The average Bonchev–Trinajstić information content (AvgIpc) is 3.27. The number of nitrogens with one attached hydrogen (secondary N) is 1. The fraction of sp³-hybridized carbons (Fsp3) is 0.375. The third-order valence-electron chi connectivity index (χ3n) is 4.40. The number of allylic oxidation sites excluding steroid dienone is 1. The smallest absolute Gasteiger partial charge is 0.264 e. The van der Waals surface area contributed by atoms with Gasteiger partial charge in [-0.1, -0.05) is 18.2 Å². The van der Waals surface area contributed by atoms with Gasteiger partial charge >= 0.3 is 6.18 Å². The van der Waals surface area contributed by atoms with Gasteiger partial charge in [0.2, 0.25) is 5.82 Å². The Morgan fingerprint density at radius 2 is 2.04 bits per heavy atom. The number of rotatable bonds is 2. The molecule has 1 aromatic carbocycles. The highest BCUT2D eigenvalue weighted by molar-refractivity contribution is 7.71. The predicted octanol–water partition coefficient (Wildman–Crippen LogP) is 4.79. The fourth-order valence-electron chi connectivity index (χ4n) is 3.25. The molecule has 0 radical (unpaired) electrons. The van der Waals surface area contributed by atoms with Gasteiger partial charge in [-0.2, -0.15) is 13.2 Å². The van der Waals surface area contributed by atoms with Crippen LogP contribution in [-0.4, -0.2) is 14.8 Å². The van der Waals surface area contributed by atoms with E-state index in [1.165, 1.54) is 5.56 Å². The molecule has 1 saturated carbocycles. The first kappa shape index (κ1) is 14.7. The highest BCUT2D eigenvalue weighted by Crippen LogP contribution is 2.45. The molecule has 0 spiro atoms. The summed E-state index contributed by atoms with van der Waals surface area (Å²) < 4.78 is 40.6. The summed E-state index contributed by atoms with van der Waals surface area (Å²) in [4.78, 5) is 0. The second-order valence-corrected chi connectivity index (χ2v) is 6.35. The van der Waals surface area contributed by atoms with Crippen LogP contribution in [0.1, 0.15) is 47.7 Å². The molecule has 0 amide bonds. The lowest BCUT2D eigenvalue weighted by molar-refractivity contribution is -0.146. The maximum Gasteiger partial charge on any atom is 0.452 e. The zero-order chi connectivity index (χ0) is 16.2. The van der Waals surface area contributed by atoms with Gasteiger partial charge in [0.15, 0.2) is 4.77 Å². The van der Waals surface area contributed by atoms with Crippen LogP contribution in [0.3, 0.4) is 0 Å². The molecule has 0 atom stereocenters. The first-order valence-electron chi connectivity index (χ1n) is 7.54. The van der Waals surface area contributed by atoms with Crippen LogP contribution in [0, 0.1) is 4.77 Å². The van der Waals surface area contributed by atoms with E-state index in [9.17, 15) is 13.2 Å². The number of aromatic amines is 1. The molecular formula is C16H14F3N3S. The molecule has 2 aliphatic carbocycles. The lowest BCUT2D eigenvalue weighted by Gasteiger charge is -2.20. The van der Waals surface area contributed by atoms with Crippen LogP contribution < -0.4 is 0 Å². The van der Waals surface area contributed by atoms with Crippen molar-refractivity contribution in [2.75, 3.05) is 0 Å². The van der Waals surface area contributed by atoms with Gasteiger partial charge in [-0.05, 0) is 61.0 Å². The number of nitrogens with zero attached hydrogens (tertiary/aromatic N) is 2. The molecule has 0 bridgehead atoms. The Morgan fingerprint density at radius 1 is 1.26 bits per heavy atom.